The Kier molecular flexibility index (Phi) is 7.52. The third-order valence-corrected chi connectivity index (χ3v) is 5.09. The van der Waals surface area contributed by atoms with E-state index in [4.69, 9.17) is 14.2 Å². The molecule has 1 aliphatic heterocycles. The predicted molar refractivity (Wildman–Crippen MR) is 119 cm³/mol. The Hall–Kier alpha value is -3.51. The fraction of sp³-hybridized carbons (Fsp3) is 0.500. The highest BCUT2D eigenvalue weighted by Crippen LogP contribution is 2.28. The Morgan fingerprint density at radius 2 is 1.91 bits per heavy atom. The zero-order valence-corrected chi connectivity index (χ0v) is 19.7. The van der Waals surface area contributed by atoms with Crippen LogP contribution >= 0.6 is 0 Å². The molecule has 1 saturated heterocycles. The minimum Gasteiger partial charge on any atom is -0.464 e. The van der Waals surface area contributed by atoms with E-state index in [9.17, 15) is 19.7 Å². The first-order valence-corrected chi connectivity index (χ1v) is 10.6. The smallest absolute Gasteiger partial charge is 0.410 e. The van der Waals surface area contributed by atoms with E-state index in [-0.39, 0.29) is 5.69 Å². The summed E-state index contributed by atoms with van der Waals surface area (Å²) >= 11 is 0. The summed E-state index contributed by atoms with van der Waals surface area (Å²) in [6, 6.07) is 6.91. The number of nitrogens with zero attached hydrogens (tertiary/aromatic N) is 4. The van der Waals surface area contributed by atoms with Gasteiger partial charge in [-0.05, 0) is 38.5 Å². The van der Waals surface area contributed by atoms with E-state index in [1.807, 2.05) is 20.8 Å². The molecule has 3 rings (SSSR count). The number of amides is 1. The number of benzene rings is 1. The van der Waals surface area contributed by atoms with Crippen molar-refractivity contribution in [2.45, 2.75) is 38.6 Å². The van der Waals surface area contributed by atoms with Gasteiger partial charge in [-0.15, -0.1) is 0 Å². The number of morpholine rings is 1. The Bertz CT molecular complexity index is 1040. The van der Waals surface area contributed by atoms with Crippen molar-refractivity contribution >= 4 is 17.7 Å². The number of hydrogen-bond acceptors (Lipinski definition) is 9. The first-order valence-electron chi connectivity index (χ1n) is 10.6. The highest BCUT2D eigenvalue weighted by atomic mass is 16.6. The van der Waals surface area contributed by atoms with Crippen LogP contribution in [0.2, 0.25) is 0 Å². The van der Waals surface area contributed by atoms with Crippen molar-refractivity contribution in [2.75, 3.05) is 33.9 Å². The van der Waals surface area contributed by atoms with Crippen LogP contribution in [0.5, 0.6) is 0 Å². The molecule has 184 valence electrons. The molecule has 0 radical (unpaired) electrons. The highest BCUT2D eigenvalue weighted by Gasteiger charge is 2.33. The molecule has 1 aliphatic rings. The van der Waals surface area contributed by atoms with Crippen LogP contribution in [0.4, 0.5) is 10.5 Å². The number of carbonyl (C=O) groups is 2. The van der Waals surface area contributed by atoms with Crippen LogP contribution in [0.1, 0.15) is 42.9 Å². The standard InChI is InChI=1S/C22H28N4O8/c1-22(2,3)34-21(28)24-10-11-33-17(13-24)19(31-4)14-6-8-15(9-7-14)25-12-16(26(29)30)18(23-25)20(27)32-5/h6-9,12,17,19H,10-11,13H2,1-5H3. The summed E-state index contributed by atoms with van der Waals surface area (Å²) in [5.74, 6) is -0.898. The Balaban J connectivity index is 1.78. The van der Waals surface area contributed by atoms with Crippen molar-refractivity contribution in [3.05, 3.63) is 51.8 Å². The molecule has 1 fully saturated rings. The number of carbonyl (C=O) groups excluding carboxylic acids is 2. The summed E-state index contributed by atoms with van der Waals surface area (Å²) in [6.07, 6.45) is -0.156. The molecule has 2 heterocycles. The van der Waals surface area contributed by atoms with Gasteiger partial charge < -0.3 is 23.8 Å². The summed E-state index contributed by atoms with van der Waals surface area (Å²) in [6.45, 7) is 6.49. The lowest BCUT2D eigenvalue weighted by atomic mass is 10.0. The molecule has 2 unspecified atom stereocenters. The van der Waals surface area contributed by atoms with Gasteiger partial charge in [0, 0.05) is 13.7 Å². The number of hydrogen-bond donors (Lipinski definition) is 0. The van der Waals surface area contributed by atoms with Gasteiger partial charge in [0.1, 0.15) is 24.0 Å². The first-order chi connectivity index (χ1) is 16.0. The quantitative estimate of drug-likeness (QED) is 0.350. The van der Waals surface area contributed by atoms with E-state index < -0.39 is 40.5 Å². The van der Waals surface area contributed by atoms with Crippen LogP contribution in [0, 0.1) is 10.1 Å². The van der Waals surface area contributed by atoms with Gasteiger partial charge in [0.05, 0.1) is 30.9 Å². The largest absolute Gasteiger partial charge is 0.464 e. The number of ether oxygens (including phenoxy) is 4. The van der Waals surface area contributed by atoms with Gasteiger partial charge in [0.25, 0.3) is 0 Å². The Morgan fingerprint density at radius 1 is 1.24 bits per heavy atom. The molecule has 0 bridgehead atoms. The lowest BCUT2D eigenvalue weighted by Gasteiger charge is -2.37. The minimum absolute atomic E-state index is 0.295. The minimum atomic E-state index is -0.898. The van der Waals surface area contributed by atoms with Gasteiger partial charge in [0.2, 0.25) is 5.69 Å². The normalized spacial score (nSPS) is 17.2. The van der Waals surface area contributed by atoms with Crippen molar-refractivity contribution < 1.29 is 33.5 Å². The van der Waals surface area contributed by atoms with Crippen LogP contribution in [0.15, 0.2) is 30.5 Å². The molecule has 12 nitrogen and oxygen atoms in total. The zero-order chi connectivity index (χ0) is 25.0. The topological polar surface area (TPSA) is 135 Å². The highest BCUT2D eigenvalue weighted by molar-refractivity contribution is 5.91. The summed E-state index contributed by atoms with van der Waals surface area (Å²) in [7, 11) is 2.68. The maximum atomic E-state index is 12.5. The van der Waals surface area contributed by atoms with Gasteiger partial charge in [-0.25, -0.2) is 14.3 Å². The zero-order valence-electron chi connectivity index (χ0n) is 19.7. The van der Waals surface area contributed by atoms with Crippen molar-refractivity contribution in [1.82, 2.24) is 14.7 Å². The van der Waals surface area contributed by atoms with Gasteiger partial charge in [-0.3, -0.25) is 10.1 Å². The van der Waals surface area contributed by atoms with Crippen LogP contribution in [-0.4, -0.2) is 77.3 Å². The Morgan fingerprint density at radius 3 is 2.47 bits per heavy atom. The molecule has 0 aliphatic carbocycles. The summed E-state index contributed by atoms with van der Waals surface area (Å²) < 4.78 is 22.8. The van der Waals surface area contributed by atoms with Crippen LogP contribution in [0.3, 0.4) is 0 Å². The summed E-state index contributed by atoms with van der Waals surface area (Å²) in [5.41, 5.74) is -0.168. The molecule has 0 spiro atoms. The van der Waals surface area contributed by atoms with E-state index in [0.29, 0.717) is 25.4 Å². The average molecular weight is 476 g/mol. The van der Waals surface area contributed by atoms with Crippen molar-refractivity contribution in [3.8, 4) is 5.69 Å². The SMILES string of the molecule is COC(=O)c1nn(-c2ccc(C(OC)C3CN(C(=O)OC(C)(C)C)CCO3)cc2)cc1[N+](=O)[O-]. The van der Waals surface area contributed by atoms with Gasteiger partial charge in [-0.2, -0.15) is 5.10 Å². The van der Waals surface area contributed by atoms with Gasteiger partial charge in [0.15, 0.2) is 0 Å². The second-order valence-corrected chi connectivity index (χ2v) is 8.64. The molecule has 1 amide bonds. The molecule has 0 saturated carbocycles. The summed E-state index contributed by atoms with van der Waals surface area (Å²) in [5, 5.41) is 15.3. The maximum absolute atomic E-state index is 12.5. The predicted octanol–water partition coefficient (Wildman–Crippen LogP) is 2.89. The van der Waals surface area contributed by atoms with E-state index in [2.05, 4.69) is 9.84 Å². The van der Waals surface area contributed by atoms with E-state index in [0.717, 1.165) is 18.9 Å². The second-order valence-electron chi connectivity index (χ2n) is 8.64. The van der Waals surface area contributed by atoms with Gasteiger partial charge in [-0.1, -0.05) is 12.1 Å². The molecule has 12 heteroatoms. The van der Waals surface area contributed by atoms with Crippen LogP contribution in [0.25, 0.3) is 5.69 Å². The first kappa shape index (κ1) is 25.1. The fourth-order valence-corrected chi connectivity index (χ4v) is 3.54. The number of esters is 1. The summed E-state index contributed by atoms with van der Waals surface area (Å²) in [4.78, 5) is 36.5. The molecule has 34 heavy (non-hydrogen) atoms. The fourth-order valence-electron chi connectivity index (χ4n) is 3.54. The van der Waals surface area contributed by atoms with Crippen LogP contribution in [-0.2, 0) is 18.9 Å². The van der Waals surface area contributed by atoms with Gasteiger partial charge >= 0.3 is 17.7 Å². The van der Waals surface area contributed by atoms with Crippen molar-refractivity contribution in [1.29, 1.82) is 0 Å². The third-order valence-electron chi connectivity index (χ3n) is 5.09. The van der Waals surface area contributed by atoms with E-state index >= 15 is 0 Å². The Labute approximate surface area is 196 Å². The molecule has 1 aromatic carbocycles. The molecule has 0 N–H and O–H groups in total. The lowest BCUT2D eigenvalue weighted by molar-refractivity contribution is -0.385. The second kappa shape index (κ2) is 10.2. The monoisotopic (exact) mass is 476 g/mol. The maximum Gasteiger partial charge on any atom is 0.410 e. The average Bonchev–Trinajstić information content (AvgIpc) is 3.24. The van der Waals surface area contributed by atoms with E-state index in [1.165, 1.54) is 4.68 Å². The molecule has 2 aromatic rings. The third kappa shape index (κ3) is 5.69. The molecule has 1 aromatic heterocycles. The molecule has 2 atom stereocenters. The number of rotatable bonds is 6. The lowest BCUT2D eigenvalue weighted by Crippen LogP contribution is -2.49. The molecular formula is C22H28N4O8. The number of aromatic nitrogens is 2. The molecular weight excluding hydrogens is 448 g/mol. The van der Waals surface area contributed by atoms with Crippen molar-refractivity contribution in [2.24, 2.45) is 0 Å². The van der Waals surface area contributed by atoms with Crippen LogP contribution < -0.4 is 0 Å². The van der Waals surface area contributed by atoms with E-state index in [1.54, 1.807) is 36.3 Å². The number of methoxy groups -OCH3 is 2. The van der Waals surface area contributed by atoms with Crippen molar-refractivity contribution in [3.63, 3.8) is 0 Å². The number of nitro groups is 1.